The Bertz CT molecular complexity index is 1230. The number of esters is 1. The van der Waals surface area contributed by atoms with Crippen molar-refractivity contribution in [2.24, 2.45) is 0 Å². The lowest BCUT2D eigenvalue weighted by Gasteiger charge is -2.07. The molecule has 8 nitrogen and oxygen atoms in total. The third kappa shape index (κ3) is 2.75. The Morgan fingerprint density at radius 1 is 1.11 bits per heavy atom. The van der Waals surface area contributed by atoms with Gasteiger partial charge in [-0.3, -0.25) is 19.3 Å². The van der Waals surface area contributed by atoms with Crippen molar-refractivity contribution in [3.63, 3.8) is 0 Å². The average molecular weight is 377 g/mol. The standard InChI is InChI=1S/C20H15N3O5/c1-10-4-3-5-13-16(10)21-15(22-17(13)24)9-28-20(27)11-6-7-12-14(8-11)19(26)23(2)18(12)25/h3-8H,9H2,1-2H3,(H,21,22,24). The van der Waals surface area contributed by atoms with Crippen LogP contribution in [0, 0.1) is 6.92 Å². The van der Waals surface area contributed by atoms with Gasteiger partial charge in [0.25, 0.3) is 17.4 Å². The summed E-state index contributed by atoms with van der Waals surface area (Å²) in [5.41, 5.74) is 1.61. The zero-order chi connectivity index (χ0) is 20.0. The Morgan fingerprint density at radius 3 is 2.64 bits per heavy atom. The van der Waals surface area contributed by atoms with Gasteiger partial charge in [0.05, 0.1) is 27.6 Å². The van der Waals surface area contributed by atoms with Crippen molar-refractivity contribution in [2.45, 2.75) is 13.5 Å². The van der Waals surface area contributed by atoms with Crippen molar-refractivity contribution in [1.29, 1.82) is 0 Å². The van der Waals surface area contributed by atoms with Gasteiger partial charge in [-0.2, -0.15) is 0 Å². The molecule has 8 heteroatoms. The molecule has 1 aliphatic heterocycles. The number of aromatic amines is 1. The van der Waals surface area contributed by atoms with Crippen LogP contribution in [0.1, 0.15) is 42.5 Å². The minimum absolute atomic E-state index is 0.134. The number of imide groups is 1. The number of hydrogen-bond acceptors (Lipinski definition) is 6. The van der Waals surface area contributed by atoms with Crippen molar-refractivity contribution in [3.8, 4) is 0 Å². The van der Waals surface area contributed by atoms with Crippen LogP contribution in [0.25, 0.3) is 10.9 Å². The smallest absolute Gasteiger partial charge is 0.338 e. The van der Waals surface area contributed by atoms with E-state index in [0.717, 1.165) is 10.5 Å². The lowest BCUT2D eigenvalue weighted by atomic mass is 10.1. The predicted octanol–water partition coefficient (Wildman–Crippen LogP) is 1.81. The fourth-order valence-electron chi connectivity index (χ4n) is 3.13. The Labute approximate surface area is 158 Å². The summed E-state index contributed by atoms with van der Waals surface area (Å²) < 4.78 is 5.23. The van der Waals surface area contributed by atoms with Crippen LogP contribution in [-0.2, 0) is 11.3 Å². The maximum Gasteiger partial charge on any atom is 0.338 e. The zero-order valence-electron chi connectivity index (χ0n) is 15.1. The predicted molar refractivity (Wildman–Crippen MR) is 99.1 cm³/mol. The molecule has 28 heavy (non-hydrogen) atoms. The largest absolute Gasteiger partial charge is 0.454 e. The van der Waals surface area contributed by atoms with Crippen LogP contribution >= 0.6 is 0 Å². The number of ether oxygens (including phenoxy) is 1. The third-order valence-electron chi connectivity index (χ3n) is 4.65. The summed E-state index contributed by atoms with van der Waals surface area (Å²) >= 11 is 0. The van der Waals surface area contributed by atoms with Gasteiger partial charge in [0.2, 0.25) is 0 Å². The maximum absolute atomic E-state index is 12.4. The summed E-state index contributed by atoms with van der Waals surface area (Å²) in [4.78, 5) is 56.4. The molecule has 1 aromatic heterocycles. The minimum atomic E-state index is -0.690. The number of aromatic nitrogens is 2. The molecule has 0 aliphatic carbocycles. The highest BCUT2D eigenvalue weighted by molar-refractivity contribution is 6.21. The number of para-hydroxylation sites is 1. The molecule has 0 radical (unpaired) electrons. The fraction of sp³-hybridized carbons (Fsp3) is 0.150. The van der Waals surface area contributed by atoms with Crippen molar-refractivity contribution >= 4 is 28.7 Å². The van der Waals surface area contributed by atoms with Crippen molar-refractivity contribution in [3.05, 3.63) is 74.8 Å². The molecule has 0 atom stereocenters. The third-order valence-corrected chi connectivity index (χ3v) is 4.65. The number of carbonyl (C=O) groups is 3. The normalized spacial score (nSPS) is 13.1. The number of nitrogens with one attached hydrogen (secondary N) is 1. The van der Waals surface area contributed by atoms with E-state index in [4.69, 9.17) is 4.74 Å². The summed E-state index contributed by atoms with van der Waals surface area (Å²) in [6, 6.07) is 9.46. The van der Waals surface area contributed by atoms with Gasteiger partial charge in [-0.1, -0.05) is 12.1 Å². The summed E-state index contributed by atoms with van der Waals surface area (Å²) in [6.45, 7) is 1.60. The Morgan fingerprint density at radius 2 is 1.86 bits per heavy atom. The van der Waals surface area contributed by atoms with Gasteiger partial charge < -0.3 is 9.72 Å². The number of hydrogen-bond donors (Lipinski definition) is 1. The molecule has 4 rings (SSSR count). The molecule has 1 aliphatic rings. The van der Waals surface area contributed by atoms with Gasteiger partial charge in [0.15, 0.2) is 0 Å². The fourth-order valence-corrected chi connectivity index (χ4v) is 3.13. The first-order chi connectivity index (χ1) is 13.4. The first-order valence-corrected chi connectivity index (χ1v) is 8.49. The molecule has 0 unspecified atom stereocenters. The molecule has 1 N–H and O–H groups in total. The second-order valence-corrected chi connectivity index (χ2v) is 6.49. The quantitative estimate of drug-likeness (QED) is 0.551. The minimum Gasteiger partial charge on any atom is -0.454 e. The Kier molecular flexibility index (Phi) is 4.03. The molecule has 3 aromatic rings. The summed E-state index contributed by atoms with van der Waals surface area (Å²) in [5, 5.41) is 0.459. The van der Waals surface area contributed by atoms with Gasteiger partial charge in [-0.05, 0) is 36.8 Å². The van der Waals surface area contributed by atoms with Crippen LogP contribution in [0.15, 0.2) is 41.2 Å². The van der Waals surface area contributed by atoms with E-state index in [1.54, 1.807) is 12.1 Å². The molecule has 2 aromatic carbocycles. The first-order valence-electron chi connectivity index (χ1n) is 8.49. The van der Waals surface area contributed by atoms with Crippen LogP contribution in [0.2, 0.25) is 0 Å². The monoisotopic (exact) mass is 377 g/mol. The Balaban J connectivity index is 1.57. The molecular weight excluding hydrogens is 362 g/mol. The molecule has 140 valence electrons. The number of amides is 2. The maximum atomic E-state index is 12.4. The molecule has 2 amide bonds. The number of rotatable bonds is 3. The summed E-state index contributed by atoms with van der Waals surface area (Å²) in [5.74, 6) is -1.35. The number of fused-ring (bicyclic) bond motifs is 2. The van der Waals surface area contributed by atoms with Crippen LogP contribution in [0.3, 0.4) is 0 Å². The second kappa shape index (κ2) is 6.41. The number of nitrogens with zero attached hydrogens (tertiary/aromatic N) is 2. The number of H-pyrrole nitrogens is 1. The van der Waals surface area contributed by atoms with Crippen LogP contribution in [-0.4, -0.2) is 39.7 Å². The molecule has 0 saturated heterocycles. The number of carbonyl (C=O) groups excluding carboxylic acids is 3. The molecule has 0 spiro atoms. The van der Waals surface area contributed by atoms with E-state index >= 15 is 0 Å². The van der Waals surface area contributed by atoms with E-state index in [1.807, 2.05) is 13.0 Å². The van der Waals surface area contributed by atoms with Gasteiger partial charge in [-0.25, -0.2) is 9.78 Å². The zero-order valence-corrected chi connectivity index (χ0v) is 15.1. The van der Waals surface area contributed by atoms with Gasteiger partial charge >= 0.3 is 5.97 Å². The molecule has 2 heterocycles. The van der Waals surface area contributed by atoms with Gasteiger partial charge in [0, 0.05) is 7.05 Å². The lowest BCUT2D eigenvalue weighted by molar-refractivity contribution is 0.0462. The van der Waals surface area contributed by atoms with Crippen molar-refractivity contribution < 1.29 is 19.1 Å². The van der Waals surface area contributed by atoms with E-state index in [-0.39, 0.29) is 34.7 Å². The summed E-state index contributed by atoms with van der Waals surface area (Å²) in [7, 11) is 1.38. The lowest BCUT2D eigenvalue weighted by Crippen LogP contribution is -2.24. The number of benzene rings is 2. The van der Waals surface area contributed by atoms with Gasteiger partial charge in [0.1, 0.15) is 12.4 Å². The van der Waals surface area contributed by atoms with E-state index in [2.05, 4.69) is 9.97 Å². The topological polar surface area (TPSA) is 109 Å². The van der Waals surface area contributed by atoms with Crippen molar-refractivity contribution in [2.75, 3.05) is 7.05 Å². The van der Waals surface area contributed by atoms with Crippen LogP contribution in [0.4, 0.5) is 0 Å². The van der Waals surface area contributed by atoms with Gasteiger partial charge in [-0.15, -0.1) is 0 Å². The highest BCUT2D eigenvalue weighted by Gasteiger charge is 2.33. The van der Waals surface area contributed by atoms with E-state index in [1.165, 1.54) is 25.2 Å². The number of aryl methyl sites for hydroxylation is 1. The second-order valence-electron chi connectivity index (χ2n) is 6.49. The SMILES string of the molecule is Cc1cccc2c(=O)[nH]c(COC(=O)c3ccc4c(c3)C(=O)N(C)C4=O)nc12. The summed E-state index contributed by atoms with van der Waals surface area (Å²) in [6.07, 6.45) is 0. The van der Waals surface area contributed by atoms with Crippen LogP contribution < -0.4 is 5.56 Å². The highest BCUT2D eigenvalue weighted by Crippen LogP contribution is 2.23. The van der Waals surface area contributed by atoms with E-state index in [0.29, 0.717) is 10.9 Å². The molecule has 0 saturated carbocycles. The first kappa shape index (κ1) is 17.6. The molecule has 0 bridgehead atoms. The highest BCUT2D eigenvalue weighted by atomic mass is 16.5. The molecule has 0 fully saturated rings. The Hall–Kier alpha value is -3.81. The van der Waals surface area contributed by atoms with E-state index in [9.17, 15) is 19.2 Å². The van der Waals surface area contributed by atoms with E-state index < -0.39 is 17.8 Å². The average Bonchev–Trinajstić information content (AvgIpc) is 2.91. The van der Waals surface area contributed by atoms with Crippen LogP contribution in [0.5, 0.6) is 0 Å². The molecular formula is C20H15N3O5. The van der Waals surface area contributed by atoms with Crippen molar-refractivity contribution in [1.82, 2.24) is 14.9 Å².